The van der Waals surface area contributed by atoms with Gasteiger partial charge in [-0.1, -0.05) is 44.2 Å². The molecule has 1 unspecified atom stereocenters. The first-order valence-electron chi connectivity index (χ1n) is 9.23. The summed E-state index contributed by atoms with van der Waals surface area (Å²) in [6.45, 7) is 5.45. The number of ketones is 1. The SMILES string of the molecule is CC1(C)CN(C(=O)COc2ccc(C(=O)c3ccccc3)cc2)CCC1N. The Bertz CT molecular complexity index is 800. The van der Waals surface area contributed by atoms with Gasteiger partial charge in [0.1, 0.15) is 5.75 Å². The van der Waals surface area contributed by atoms with E-state index >= 15 is 0 Å². The van der Waals surface area contributed by atoms with Gasteiger partial charge in [-0.25, -0.2) is 0 Å². The van der Waals surface area contributed by atoms with E-state index in [-0.39, 0.29) is 29.8 Å². The van der Waals surface area contributed by atoms with Gasteiger partial charge < -0.3 is 15.4 Å². The second-order valence-electron chi connectivity index (χ2n) is 7.71. The fourth-order valence-corrected chi connectivity index (χ4v) is 3.28. The van der Waals surface area contributed by atoms with Crippen LogP contribution in [0.3, 0.4) is 0 Å². The summed E-state index contributed by atoms with van der Waals surface area (Å²) in [4.78, 5) is 26.7. The van der Waals surface area contributed by atoms with Crippen LogP contribution in [-0.2, 0) is 4.79 Å². The zero-order valence-corrected chi connectivity index (χ0v) is 15.9. The molecule has 1 atom stereocenters. The fourth-order valence-electron chi connectivity index (χ4n) is 3.28. The molecular weight excluding hydrogens is 340 g/mol. The van der Waals surface area contributed by atoms with Crippen molar-refractivity contribution in [2.45, 2.75) is 26.3 Å². The van der Waals surface area contributed by atoms with Gasteiger partial charge in [0.25, 0.3) is 5.91 Å². The lowest BCUT2D eigenvalue weighted by Crippen LogP contribution is -2.54. The number of rotatable bonds is 5. The van der Waals surface area contributed by atoms with Gasteiger partial charge in [0, 0.05) is 30.3 Å². The summed E-state index contributed by atoms with van der Waals surface area (Å²) in [6.07, 6.45) is 0.801. The molecule has 3 rings (SSSR count). The van der Waals surface area contributed by atoms with Gasteiger partial charge in [-0.15, -0.1) is 0 Å². The van der Waals surface area contributed by atoms with Gasteiger partial charge in [0.2, 0.25) is 0 Å². The maximum Gasteiger partial charge on any atom is 0.260 e. The molecule has 5 heteroatoms. The number of carbonyl (C=O) groups excluding carboxylic acids is 2. The average Bonchev–Trinajstić information content (AvgIpc) is 2.68. The molecular formula is C22H26N2O3. The summed E-state index contributed by atoms with van der Waals surface area (Å²) in [5.74, 6) is 0.491. The first kappa shape index (κ1) is 19.1. The quantitative estimate of drug-likeness (QED) is 0.826. The van der Waals surface area contributed by atoms with Crippen LogP contribution in [0.5, 0.6) is 5.75 Å². The Kier molecular flexibility index (Phi) is 5.61. The molecule has 1 aliphatic rings. The first-order chi connectivity index (χ1) is 12.9. The standard InChI is InChI=1S/C22H26N2O3/c1-22(2)15-24(13-12-19(22)23)20(25)14-27-18-10-8-17(9-11-18)21(26)16-6-4-3-5-7-16/h3-11,19H,12-15,23H2,1-2H3. The van der Waals surface area contributed by atoms with Crippen molar-refractivity contribution in [2.75, 3.05) is 19.7 Å². The van der Waals surface area contributed by atoms with Crippen molar-refractivity contribution in [1.82, 2.24) is 4.90 Å². The highest BCUT2D eigenvalue weighted by molar-refractivity contribution is 6.08. The third-order valence-electron chi connectivity index (χ3n) is 5.18. The van der Waals surface area contributed by atoms with Gasteiger partial charge >= 0.3 is 0 Å². The number of nitrogens with two attached hydrogens (primary N) is 1. The second kappa shape index (κ2) is 7.92. The van der Waals surface area contributed by atoms with Crippen molar-refractivity contribution < 1.29 is 14.3 Å². The Morgan fingerprint density at radius 1 is 1.07 bits per heavy atom. The molecule has 2 aromatic carbocycles. The lowest BCUT2D eigenvalue weighted by Gasteiger charge is -2.42. The van der Waals surface area contributed by atoms with Gasteiger partial charge in [0.15, 0.2) is 12.4 Å². The van der Waals surface area contributed by atoms with Gasteiger partial charge in [-0.3, -0.25) is 9.59 Å². The number of ether oxygens (including phenoxy) is 1. The lowest BCUT2D eigenvalue weighted by molar-refractivity contribution is -0.136. The van der Waals surface area contributed by atoms with E-state index in [0.717, 1.165) is 6.42 Å². The van der Waals surface area contributed by atoms with E-state index < -0.39 is 0 Å². The molecule has 142 valence electrons. The summed E-state index contributed by atoms with van der Waals surface area (Å²) in [7, 11) is 0. The minimum atomic E-state index is -0.0899. The highest BCUT2D eigenvalue weighted by Gasteiger charge is 2.35. The number of benzene rings is 2. The van der Waals surface area contributed by atoms with Gasteiger partial charge in [0.05, 0.1) is 0 Å². The number of carbonyl (C=O) groups is 2. The maximum absolute atomic E-state index is 12.4. The molecule has 0 saturated carbocycles. The minimum absolute atomic E-state index is 0.0166. The maximum atomic E-state index is 12.4. The van der Waals surface area contributed by atoms with E-state index in [0.29, 0.717) is 30.0 Å². The van der Waals surface area contributed by atoms with Crippen LogP contribution < -0.4 is 10.5 Å². The Balaban J connectivity index is 1.56. The predicted octanol–water partition coefficient (Wildman–Crippen LogP) is 2.88. The van der Waals surface area contributed by atoms with E-state index in [2.05, 4.69) is 13.8 Å². The van der Waals surface area contributed by atoms with Crippen LogP contribution in [0.15, 0.2) is 54.6 Å². The van der Waals surface area contributed by atoms with Crippen LogP contribution in [0.4, 0.5) is 0 Å². The largest absolute Gasteiger partial charge is 0.484 e. The Morgan fingerprint density at radius 3 is 2.33 bits per heavy atom. The number of amides is 1. The van der Waals surface area contributed by atoms with Crippen molar-refractivity contribution in [3.05, 3.63) is 65.7 Å². The molecule has 2 aromatic rings. The summed E-state index contributed by atoms with van der Waals surface area (Å²) >= 11 is 0. The third kappa shape index (κ3) is 4.55. The third-order valence-corrected chi connectivity index (χ3v) is 5.18. The van der Waals surface area contributed by atoms with Crippen LogP contribution >= 0.6 is 0 Å². The second-order valence-corrected chi connectivity index (χ2v) is 7.71. The van der Waals surface area contributed by atoms with E-state index in [4.69, 9.17) is 10.5 Å². The van der Waals surface area contributed by atoms with Crippen molar-refractivity contribution in [3.8, 4) is 5.75 Å². The molecule has 1 saturated heterocycles. The monoisotopic (exact) mass is 366 g/mol. The molecule has 1 heterocycles. The normalized spacial score (nSPS) is 18.8. The number of hydrogen-bond donors (Lipinski definition) is 1. The van der Waals surface area contributed by atoms with Crippen LogP contribution in [0.2, 0.25) is 0 Å². The fraction of sp³-hybridized carbons (Fsp3) is 0.364. The summed E-state index contributed by atoms with van der Waals surface area (Å²) in [5, 5.41) is 0. The number of likely N-dealkylation sites (tertiary alicyclic amines) is 1. The smallest absolute Gasteiger partial charge is 0.260 e. The summed E-state index contributed by atoms with van der Waals surface area (Å²) in [6, 6.07) is 16.1. The molecule has 0 radical (unpaired) electrons. The summed E-state index contributed by atoms with van der Waals surface area (Å²) in [5.41, 5.74) is 7.27. The Labute approximate surface area is 160 Å². The molecule has 27 heavy (non-hydrogen) atoms. The summed E-state index contributed by atoms with van der Waals surface area (Å²) < 4.78 is 5.62. The molecule has 0 bridgehead atoms. The van der Waals surface area contributed by atoms with Gasteiger partial charge in [-0.2, -0.15) is 0 Å². The number of nitrogens with zero attached hydrogens (tertiary/aromatic N) is 1. The molecule has 1 aliphatic heterocycles. The molecule has 0 spiro atoms. The Hall–Kier alpha value is -2.66. The topological polar surface area (TPSA) is 72.6 Å². The molecule has 2 N–H and O–H groups in total. The number of piperidine rings is 1. The molecule has 1 fully saturated rings. The molecule has 0 aliphatic carbocycles. The van der Waals surface area contributed by atoms with E-state index in [1.807, 2.05) is 23.1 Å². The zero-order valence-electron chi connectivity index (χ0n) is 15.9. The van der Waals surface area contributed by atoms with Crippen LogP contribution in [-0.4, -0.2) is 42.3 Å². The first-order valence-corrected chi connectivity index (χ1v) is 9.23. The highest BCUT2D eigenvalue weighted by Crippen LogP contribution is 2.27. The van der Waals surface area contributed by atoms with Gasteiger partial charge in [-0.05, 0) is 36.1 Å². The highest BCUT2D eigenvalue weighted by atomic mass is 16.5. The van der Waals surface area contributed by atoms with E-state index in [9.17, 15) is 9.59 Å². The molecule has 1 amide bonds. The minimum Gasteiger partial charge on any atom is -0.484 e. The lowest BCUT2D eigenvalue weighted by atomic mass is 9.80. The predicted molar refractivity (Wildman–Crippen MR) is 105 cm³/mol. The van der Waals surface area contributed by atoms with Crippen LogP contribution in [0.1, 0.15) is 36.2 Å². The van der Waals surface area contributed by atoms with Crippen molar-refractivity contribution in [2.24, 2.45) is 11.1 Å². The average molecular weight is 366 g/mol. The van der Waals surface area contributed by atoms with Crippen molar-refractivity contribution >= 4 is 11.7 Å². The van der Waals surface area contributed by atoms with E-state index in [1.165, 1.54) is 0 Å². The zero-order chi connectivity index (χ0) is 19.4. The van der Waals surface area contributed by atoms with Crippen LogP contribution in [0, 0.1) is 5.41 Å². The van der Waals surface area contributed by atoms with Crippen LogP contribution in [0.25, 0.3) is 0 Å². The van der Waals surface area contributed by atoms with E-state index in [1.54, 1.807) is 36.4 Å². The Morgan fingerprint density at radius 2 is 1.70 bits per heavy atom. The molecule has 5 nitrogen and oxygen atoms in total. The molecule has 0 aromatic heterocycles. The number of hydrogen-bond acceptors (Lipinski definition) is 4. The van der Waals surface area contributed by atoms with Crippen molar-refractivity contribution in [1.29, 1.82) is 0 Å². The van der Waals surface area contributed by atoms with Crippen molar-refractivity contribution in [3.63, 3.8) is 0 Å².